The number of aromatic amines is 1. The molecule has 0 aliphatic rings. The Balaban J connectivity index is 2.27. The number of nitrogens with zero attached hydrogens (tertiary/aromatic N) is 2. The van der Waals surface area contributed by atoms with Gasteiger partial charge in [-0.3, -0.25) is 9.69 Å². The second-order valence-electron chi connectivity index (χ2n) is 4.53. The van der Waals surface area contributed by atoms with Crippen LogP contribution >= 0.6 is 0 Å². The molecule has 2 N–H and O–H groups in total. The van der Waals surface area contributed by atoms with Gasteiger partial charge in [-0.25, -0.2) is 4.98 Å². The van der Waals surface area contributed by atoms with Crippen LogP contribution in [0.1, 0.15) is 19.2 Å². The Morgan fingerprint density at radius 1 is 1.32 bits per heavy atom. The van der Waals surface area contributed by atoms with E-state index in [0.29, 0.717) is 29.8 Å². The topological polar surface area (TPSA) is 69.2 Å². The molecule has 102 valence electrons. The number of aliphatic hydroxyl groups excluding tert-OH is 1. The quantitative estimate of drug-likeness (QED) is 0.818. The average molecular weight is 261 g/mol. The van der Waals surface area contributed by atoms with Crippen LogP contribution in [0.25, 0.3) is 10.9 Å². The Kier molecular flexibility index (Phi) is 4.65. The lowest BCUT2D eigenvalue weighted by molar-refractivity contribution is 0.187. The van der Waals surface area contributed by atoms with Crippen molar-refractivity contribution in [1.82, 2.24) is 14.9 Å². The Morgan fingerprint density at radius 2 is 2.11 bits per heavy atom. The Bertz CT molecular complexity index is 589. The summed E-state index contributed by atoms with van der Waals surface area (Å²) in [6, 6.07) is 7.30. The van der Waals surface area contributed by atoms with Crippen molar-refractivity contribution < 1.29 is 5.11 Å². The summed E-state index contributed by atoms with van der Waals surface area (Å²) in [5.74, 6) is 0.644. The number of aliphatic hydroxyl groups is 1. The van der Waals surface area contributed by atoms with Crippen LogP contribution in [0, 0.1) is 0 Å². The van der Waals surface area contributed by atoms with E-state index in [-0.39, 0.29) is 12.2 Å². The zero-order chi connectivity index (χ0) is 13.7. The molecule has 5 nitrogen and oxygen atoms in total. The maximum atomic E-state index is 11.9. The minimum atomic E-state index is -0.110. The van der Waals surface area contributed by atoms with Crippen LogP contribution in [0.15, 0.2) is 29.1 Å². The summed E-state index contributed by atoms with van der Waals surface area (Å²) in [4.78, 5) is 21.3. The van der Waals surface area contributed by atoms with E-state index in [2.05, 4.69) is 21.8 Å². The molecule has 0 saturated carbocycles. The number of hydrogen-bond acceptors (Lipinski definition) is 4. The van der Waals surface area contributed by atoms with Gasteiger partial charge in [0.15, 0.2) is 0 Å². The first-order chi connectivity index (χ1) is 9.24. The van der Waals surface area contributed by atoms with Crippen molar-refractivity contribution in [2.45, 2.75) is 19.9 Å². The highest BCUT2D eigenvalue weighted by Crippen LogP contribution is 2.07. The molecular formula is C14H19N3O2. The van der Waals surface area contributed by atoms with E-state index in [1.807, 2.05) is 18.2 Å². The summed E-state index contributed by atoms with van der Waals surface area (Å²) in [5, 5.41) is 9.64. The summed E-state index contributed by atoms with van der Waals surface area (Å²) in [5.41, 5.74) is 0.600. The molecule has 0 aliphatic heterocycles. The second kappa shape index (κ2) is 6.45. The highest BCUT2D eigenvalue weighted by Gasteiger charge is 2.08. The molecule has 2 aromatic rings. The number of fused-ring (bicyclic) bond motifs is 1. The summed E-state index contributed by atoms with van der Waals surface area (Å²) in [6.07, 6.45) is 0.998. The SMILES string of the molecule is CCCN(CCO)Cc1nc2ccccc2c(=O)[nH]1. The van der Waals surface area contributed by atoms with Crippen molar-refractivity contribution in [1.29, 1.82) is 0 Å². The van der Waals surface area contributed by atoms with Gasteiger partial charge in [0.2, 0.25) is 0 Å². The summed E-state index contributed by atoms with van der Waals surface area (Å²) >= 11 is 0. The van der Waals surface area contributed by atoms with Crippen LogP contribution in [0.2, 0.25) is 0 Å². The fraction of sp³-hybridized carbons (Fsp3) is 0.429. The van der Waals surface area contributed by atoms with Gasteiger partial charge in [0, 0.05) is 6.54 Å². The number of aromatic nitrogens is 2. The number of hydrogen-bond donors (Lipinski definition) is 2. The maximum absolute atomic E-state index is 11.9. The molecule has 0 bridgehead atoms. The van der Waals surface area contributed by atoms with Crippen LogP contribution in [0.4, 0.5) is 0 Å². The number of nitrogens with one attached hydrogen (secondary N) is 1. The van der Waals surface area contributed by atoms with Gasteiger partial charge in [0.25, 0.3) is 5.56 Å². The largest absolute Gasteiger partial charge is 0.395 e. The first kappa shape index (κ1) is 13.7. The van der Waals surface area contributed by atoms with E-state index in [9.17, 15) is 4.79 Å². The molecule has 0 atom stereocenters. The minimum absolute atomic E-state index is 0.109. The third-order valence-corrected chi connectivity index (χ3v) is 2.99. The molecular weight excluding hydrogens is 242 g/mol. The van der Waals surface area contributed by atoms with Crippen molar-refractivity contribution in [2.24, 2.45) is 0 Å². The van der Waals surface area contributed by atoms with Gasteiger partial charge >= 0.3 is 0 Å². The average Bonchev–Trinajstić information content (AvgIpc) is 2.39. The molecule has 1 aromatic carbocycles. The van der Waals surface area contributed by atoms with Crippen molar-refractivity contribution in [2.75, 3.05) is 19.7 Å². The normalized spacial score (nSPS) is 11.3. The van der Waals surface area contributed by atoms with Crippen LogP contribution < -0.4 is 5.56 Å². The number of rotatable bonds is 6. The summed E-state index contributed by atoms with van der Waals surface area (Å²) < 4.78 is 0. The van der Waals surface area contributed by atoms with E-state index < -0.39 is 0 Å². The second-order valence-corrected chi connectivity index (χ2v) is 4.53. The smallest absolute Gasteiger partial charge is 0.258 e. The first-order valence-electron chi connectivity index (χ1n) is 6.55. The number of para-hydroxylation sites is 1. The Hall–Kier alpha value is -1.72. The number of H-pyrrole nitrogens is 1. The Morgan fingerprint density at radius 3 is 2.84 bits per heavy atom. The van der Waals surface area contributed by atoms with Crippen LogP contribution in [-0.4, -0.2) is 39.7 Å². The van der Waals surface area contributed by atoms with E-state index in [4.69, 9.17) is 5.11 Å². The van der Waals surface area contributed by atoms with Crippen molar-refractivity contribution in [3.8, 4) is 0 Å². The molecule has 0 spiro atoms. The third kappa shape index (κ3) is 3.39. The lowest BCUT2D eigenvalue weighted by Crippen LogP contribution is -2.29. The van der Waals surface area contributed by atoms with E-state index in [1.165, 1.54) is 0 Å². The highest BCUT2D eigenvalue weighted by molar-refractivity contribution is 5.77. The minimum Gasteiger partial charge on any atom is -0.395 e. The molecule has 0 radical (unpaired) electrons. The molecule has 5 heteroatoms. The standard InChI is InChI=1S/C14H19N3O2/c1-2-7-17(8-9-18)10-13-15-12-6-4-3-5-11(12)14(19)16-13/h3-6,18H,2,7-10H2,1H3,(H,15,16,19). The highest BCUT2D eigenvalue weighted by atomic mass is 16.3. The molecule has 0 saturated heterocycles. The van der Waals surface area contributed by atoms with Crippen molar-refractivity contribution >= 4 is 10.9 Å². The zero-order valence-electron chi connectivity index (χ0n) is 11.1. The maximum Gasteiger partial charge on any atom is 0.258 e. The van der Waals surface area contributed by atoms with E-state index in [0.717, 1.165) is 13.0 Å². The molecule has 1 aromatic heterocycles. The lowest BCUT2D eigenvalue weighted by atomic mass is 10.2. The van der Waals surface area contributed by atoms with Crippen LogP contribution in [0.5, 0.6) is 0 Å². The summed E-state index contributed by atoms with van der Waals surface area (Å²) in [7, 11) is 0. The van der Waals surface area contributed by atoms with Gasteiger partial charge in [-0.05, 0) is 25.1 Å². The van der Waals surface area contributed by atoms with Gasteiger partial charge in [-0.1, -0.05) is 19.1 Å². The molecule has 2 rings (SSSR count). The molecule has 1 heterocycles. The van der Waals surface area contributed by atoms with Crippen LogP contribution in [-0.2, 0) is 6.54 Å². The third-order valence-electron chi connectivity index (χ3n) is 2.99. The van der Waals surface area contributed by atoms with Gasteiger partial charge in [-0.2, -0.15) is 0 Å². The monoisotopic (exact) mass is 261 g/mol. The molecule has 0 unspecified atom stereocenters. The fourth-order valence-electron chi connectivity index (χ4n) is 2.15. The molecule has 0 fully saturated rings. The van der Waals surface area contributed by atoms with Gasteiger partial charge in [0.1, 0.15) is 5.82 Å². The zero-order valence-corrected chi connectivity index (χ0v) is 11.1. The predicted octanol–water partition coefficient (Wildman–Crippen LogP) is 1.13. The van der Waals surface area contributed by atoms with Crippen molar-refractivity contribution in [3.05, 3.63) is 40.4 Å². The molecule has 19 heavy (non-hydrogen) atoms. The lowest BCUT2D eigenvalue weighted by Gasteiger charge is -2.19. The van der Waals surface area contributed by atoms with Crippen LogP contribution in [0.3, 0.4) is 0 Å². The first-order valence-corrected chi connectivity index (χ1v) is 6.55. The fourth-order valence-corrected chi connectivity index (χ4v) is 2.15. The van der Waals surface area contributed by atoms with E-state index in [1.54, 1.807) is 6.07 Å². The predicted molar refractivity (Wildman–Crippen MR) is 75.0 cm³/mol. The van der Waals surface area contributed by atoms with Gasteiger partial charge < -0.3 is 10.1 Å². The van der Waals surface area contributed by atoms with Crippen molar-refractivity contribution in [3.63, 3.8) is 0 Å². The Labute approximate surface area is 111 Å². The summed E-state index contributed by atoms with van der Waals surface area (Å²) in [6.45, 7) is 4.20. The van der Waals surface area contributed by atoms with Gasteiger partial charge in [0.05, 0.1) is 24.1 Å². The molecule has 0 aliphatic carbocycles. The molecule has 0 amide bonds. The van der Waals surface area contributed by atoms with E-state index >= 15 is 0 Å². The number of benzene rings is 1. The van der Waals surface area contributed by atoms with Gasteiger partial charge in [-0.15, -0.1) is 0 Å².